The van der Waals surface area contributed by atoms with Crippen LogP contribution in [-0.2, 0) is 0 Å². The smallest absolute Gasteiger partial charge is 0.185 e. The molecule has 0 saturated carbocycles. The van der Waals surface area contributed by atoms with E-state index in [-0.39, 0.29) is 0 Å². The number of anilines is 1. The van der Waals surface area contributed by atoms with Gasteiger partial charge in [-0.1, -0.05) is 17.7 Å². The summed E-state index contributed by atoms with van der Waals surface area (Å²) >= 11 is 0. The van der Waals surface area contributed by atoms with Gasteiger partial charge >= 0.3 is 0 Å². The second kappa shape index (κ2) is 4.07. The van der Waals surface area contributed by atoms with Crippen LogP contribution >= 0.6 is 0 Å². The predicted molar refractivity (Wildman–Crippen MR) is 62.6 cm³/mol. The summed E-state index contributed by atoms with van der Waals surface area (Å²) in [6.07, 6.45) is 1.81. The van der Waals surface area contributed by atoms with Crippen molar-refractivity contribution in [2.75, 3.05) is 12.4 Å². The molecule has 0 spiro atoms. The standard InChI is InChI=1S/C12H12N4/c1-9-3-5-10(6-4-9)16-8-12(14-2)11(7-13)15-16/h3-6,8,14H,1-2H3. The van der Waals surface area contributed by atoms with Crippen molar-refractivity contribution in [1.82, 2.24) is 9.78 Å². The van der Waals surface area contributed by atoms with Crippen molar-refractivity contribution in [3.63, 3.8) is 0 Å². The summed E-state index contributed by atoms with van der Waals surface area (Å²) in [4.78, 5) is 0. The van der Waals surface area contributed by atoms with Gasteiger partial charge in [0.2, 0.25) is 0 Å². The average Bonchev–Trinajstić information content (AvgIpc) is 2.73. The molecule has 1 aromatic carbocycles. The Hall–Kier alpha value is -2.28. The Morgan fingerprint density at radius 1 is 1.31 bits per heavy atom. The summed E-state index contributed by atoms with van der Waals surface area (Å²) in [7, 11) is 1.78. The Morgan fingerprint density at radius 3 is 2.50 bits per heavy atom. The topological polar surface area (TPSA) is 53.6 Å². The van der Waals surface area contributed by atoms with Crippen LogP contribution in [0.2, 0.25) is 0 Å². The number of hydrogen-bond donors (Lipinski definition) is 1. The lowest BCUT2D eigenvalue weighted by Gasteiger charge is -2.00. The van der Waals surface area contributed by atoms with Gasteiger partial charge in [-0.25, -0.2) is 4.68 Å². The summed E-state index contributed by atoms with van der Waals surface area (Å²) in [5.74, 6) is 0. The summed E-state index contributed by atoms with van der Waals surface area (Å²) in [5.41, 5.74) is 3.29. The minimum Gasteiger partial charge on any atom is -0.384 e. The molecule has 80 valence electrons. The highest BCUT2D eigenvalue weighted by Gasteiger charge is 2.07. The van der Waals surface area contributed by atoms with Crippen LogP contribution in [0, 0.1) is 18.3 Å². The number of nitrogens with one attached hydrogen (secondary N) is 1. The fourth-order valence-electron chi connectivity index (χ4n) is 1.47. The molecule has 1 aromatic heterocycles. The van der Waals surface area contributed by atoms with Crippen LogP contribution in [0.25, 0.3) is 5.69 Å². The van der Waals surface area contributed by atoms with Crippen molar-refractivity contribution >= 4 is 5.69 Å². The van der Waals surface area contributed by atoms with E-state index in [4.69, 9.17) is 5.26 Å². The number of aromatic nitrogens is 2. The van der Waals surface area contributed by atoms with Gasteiger partial charge in [-0.2, -0.15) is 10.4 Å². The molecule has 0 aliphatic carbocycles. The normalized spacial score (nSPS) is 9.81. The van der Waals surface area contributed by atoms with Crippen LogP contribution in [-0.4, -0.2) is 16.8 Å². The molecule has 0 saturated heterocycles. The summed E-state index contributed by atoms with van der Waals surface area (Å²) in [6.45, 7) is 2.03. The van der Waals surface area contributed by atoms with Crippen molar-refractivity contribution in [1.29, 1.82) is 5.26 Å². The molecule has 2 rings (SSSR count). The van der Waals surface area contributed by atoms with Crippen molar-refractivity contribution < 1.29 is 0 Å². The van der Waals surface area contributed by atoms with Crippen LogP contribution in [0.4, 0.5) is 5.69 Å². The maximum Gasteiger partial charge on any atom is 0.185 e. The first-order valence-electron chi connectivity index (χ1n) is 4.99. The molecule has 16 heavy (non-hydrogen) atoms. The monoisotopic (exact) mass is 212 g/mol. The third-order valence-corrected chi connectivity index (χ3v) is 2.39. The lowest BCUT2D eigenvalue weighted by molar-refractivity contribution is 0.873. The van der Waals surface area contributed by atoms with Crippen molar-refractivity contribution in [2.24, 2.45) is 0 Å². The highest BCUT2D eigenvalue weighted by atomic mass is 15.3. The van der Waals surface area contributed by atoms with Crippen molar-refractivity contribution in [3.05, 3.63) is 41.7 Å². The summed E-state index contributed by atoms with van der Waals surface area (Å²) in [6, 6.07) is 10.0. The molecule has 4 nitrogen and oxygen atoms in total. The van der Waals surface area contributed by atoms with E-state index in [0.717, 1.165) is 11.4 Å². The Labute approximate surface area is 94.1 Å². The Morgan fingerprint density at radius 2 is 2.00 bits per heavy atom. The van der Waals surface area contributed by atoms with Gasteiger partial charge in [0, 0.05) is 7.05 Å². The van der Waals surface area contributed by atoms with E-state index in [2.05, 4.69) is 16.5 Å². The Kier molecular flexibility index (Phi) is 2.61. The lowest BCUT2D eigenvalue weighted by Crippen LogP contribution is -1.94. The fraction of sp³-hybridized carbons (Fsp3) is 0.167. The van der Waals surface area contributed by atoms with Gasteiger partial charge in [-0.05, 0) is 19.1 Å². The minimum absolute atomic E-state index is 0.406. The number of benzene rings is 1. The van der Waals surface area contributed by atoms with E-state index >= 15 is 0 Å². The largest absolute Gasteiger partial charge is 0.384 e. The highest BCUT2D eigenvalue weighted by Crippen LogP contribution is 2.16. The second-order valence-corrected chi connectivity index (χ2v) is 3.53. The van der Waals surface area contributed by atoms with E-state index in [0.29, 0.717) is 5.69 Å². The van der Waals surface area contributed by atoms with Gasteiger partial charge in [0.1, 0.15) is 6.07 Å². The molecule has 0 fully saturated rings. The average molecular weight is 212 g/mol. The molecule has 0 atom stereocenters. The van der Waals surface area contributed by atoms with Crippen LogP contribution in [0.5, 0.6) is 0 Å². The van der Waals surface area contributed by atoms with Gasteiger partial charge in [-0.3, -0.25) is 0 Å². The molecule has 0 bridgehead atoms. The molecule has 0 radical (unpaired) electrons. The first-order chi connectivity index (χ1) is 7.74. The third kappa shape index (κ3) is 1.75. The lowest BCUT2D eigenvalue weighted by atomic mass is 10.2. The Balaban J connectivity index is 2.45. The van der Waals surface area contributed by atoms with E-state index in [1.54, 1.807) is 11.7 Å². The zero-order valence-corrected chi connectivity index (χ0v) is 9.23. The van der Waals surface area contributed by atoms with Crippen LogP contribution in [0.1, 0.15) is 11.3 Å². The first-order valence-corrected chi connectivity index (χ1v) is 4.99. The minimum atomic E-state index is 0.406. The highest BCUT2D eigenvalue weighted by molar-refractivity contribution is 5.53. The van der Waals surface area contributed by atoms with E-state index in [1.165, 1.54) is 5.56 Å². The number of nitriles is 1. The van der Waals surface area contributed by atoms with Crippen molar-refractivity contribution in [2.45, 2.75) is 6.92 Å². The molecule has 0 amide bonds. The number of nitrogens with zero attached hydrogens (tertiary/aromatic N) is 3. The molecule has 0 aliphatic heterocycles. The summed E-state index contributed by atoms with van der Waals surface area (Å²) in [5, 5.41) is 16.0. The SMILES string of the molecule is CNc1cn(-c2ccc(C)cc2)nc1C#N. The molecule has 1 N–H and O–H groups in total. The second-order valence-electron chi connectivity index (χ2n) is 3.53. The summed E-state index contributed by atoms with van der Waals surface area (Å²) < 4.78 is 1.70. The van der Waals surface area contributed by atoms with Gasteiger partial charge in [0.25, 0.3) is 0 Å². The number of hydrogen-bond acceptors (Lipinski definition) is 3. The molecule has 0 aliphatic rings. The predicted octanol–water partition coefficient (Wildman–Crippen LogP) is 2.09. The molecule has 2 aromatic rings. The molecule has 4 heteroatoms. The maximum absolute atomic E-state index is 8.89. The molecule has 1 heterocycles. The Bertz CT molecular complexity index is 531. The fourth-order valence-corrected chi connectivity index (χ4v) is 1.47. The quantitative estimate of drug-likeness (QED) is 0.829. The van der Waals surface area contributed by atoms with Crippen molar-refractivity contribution in [3.8, 4) is 11.8 Å². The molecular formula is C12H12N4. The zero-order chi connectivity index (χ0) is 11.5. The third-order valence-electron chi connectivity index (χ3n) is 2.39. The van der Waals surface area contributed by atoms with E-state index < -0.39 is 0 Å². The number of aryl methyl sites for hydroxylation is 1. The van der Waals surface area contributed by atoms with E-state index in [9.17, 15) is 0 Å². The van der Waals surface area contributed by atoms with Crippen LogP contribution < -0.4 is 5.32 Å². The zero-order valence-electron chi connectivity index (χ0n) is 9.23. The van der Waals surface area contributed by atoms with E-state index in [1.807, 2.05) is 37.4 Å². The first kappa shape index (κ1) is 10.2. The van der Waals surface area contributed by atoms with Crippen LogP contribution in [0.3, 0.4) is 0 Å². The molecule has 0 unspecified atom stereocenters. The number of rotatable bonds is 2. The van der Waals surface area contributed by atoms with Gasteiger partial charge in [0.15, 0.2) is 5.69 Å². The van der Waals surface area contributed by atoms with Gasteiger partial charge in [0.05, 0.1) is 17.6 Å². The van der Waals surface area contributed by atoms with Gasteiger partial charge in [-0.15, -0.1) is 0 Å². The van der Waals surface area contributed by atoms with Crippen LogP contribution in [0.15, 0.2) is 30.5 Å². The van der Waals surface area contributed by atoms with Gasteiger partial charge < -0.3 is 5.32 Å². The molecular weight excluding hydrogens is 200 g/mol. The maximum atomic E-state index is 8.89.